The van der Waals surface area contributed by atoms with E-state index in [1.165, 1.54) is 12.0 Å². The molecule has 0 aliphatic carbocycles. The normalized spacial score (nSPS) is 11.8. The predicted octanol–water partition coefficient (Wildman–Crippen LogP) is -0.574. The number of rotatable bonds is 6. The van der Waals surface area contributed by atoms with Crippen molar-refractivity contribution in [1.82, 2.24) is 4.72 Å². The third kappa shape index (κ3) is 3.97. The van der Waals surface area contributed by atoms with Gasteiger partial charge in [-0.1, -0.05) is 6.07 Å². The van der Waals surface area contributed by atoms with Gasteiger partial charge in [0.2, 0.25) is 10.0 Å². The molecule has 1 aromatic carbocycles. The molecule has 18 heavy (non-hydrogen) atoms. The largest absolute Gasteiger partial charge is 0.495 e. The van der Waals surface area contributed by atoms with Crippen LogP contribution in [0.25, 0.3) is 0 Å². The maximum atomic E-state index is 12.1. The summed E-state index contributed by atoms with van der Waals surface area (Å²) < 4.78 is 32.0. The van der Waals surface area contributed by atoms with Crippen LogP contribution >= 0.6 is 0 Å². The van der Waals surface area contributed by atoms with Crippen LogP contribution in [0, 0.1) is 6.92 Å². The number of nitrogens with one attached hydrogen (secondary N) is 2. The van der Waals surface area contributed by atoms with Gasteiger partial charge in [0.25, 0.3) is 0 Å². The van der Waals surface area contributed by atoms with Crippen molar-refractivity contribution in [2.45, 2.75) is 11.8 Å². The quantitative estimate of drug-likeness (QED) is 0.729. The summed E-state index contributed by atoms with van der Waals surface area (Å²) in [5.74, 6) is 0.366. The third-order valence-corrected chi connectivity index (χ3v) is 4.01. The maximum absolute atomic E-state index is 12.1. The minimum atomic E-state index is -3.51. The van der Waals surface area contributed by atoms with Crippen molar-refractivity contribution in [2.24, 2.45) is 0 Å². The molecule has 0 fully saturated rings. The van der Waals surface area contributed by atoms with Gasteiger partial charge in [-0.05, 0) is 24.6 Å². The number of benzene rings is 1. The zero-order valence-corrected chi connectivity index (χ0v) is 12.1. The zero-order chi connectivity index (χ0) is 13.8. The van der Waals surface area contributed by atoms with E-state index in [-0.39, 0.29) is 4.90 Å². The molecule has 0 aliphatic rings. The molecule has 0 heterocycles. The van der Waals surface area contributed by atoms with Crippen molar-refractivity contribution in [3.63, 3.8) is 0 Å². The number of hydrogen-bond acceptors (Lipinski definition) is 3. The lowest BCUT2D eigenvalue weighted by Crippen LogP contribution is -3.06. The Balaban J connectivity index is 2.93. The highest BCUT2D eigenvalue weighted by Gasteiger charge is 2.19. The Morgan fingerprint density at radius 3 is 2.56 bits per heavy atom. The van der Waals surface area contributed by atoms with E-state index in [4.69, 9.17) is 4.74 Å². The lowest BCUT2D eigenvalue weighted by molar-refractivity contribution is -0.856. The van der Waals surface area contributed by atoms with Crippen molar-refractivity contribution in [1.29, 1.82) is 0 Å². The first kappa shape index (κ1) is 14.9. The molecule has 6 heteroatoms. The molecule has 0 radical (unpaired) electrons. The lowest BCUT2D eigenvalue weighted by Gasteiger charge is -2.12. The second-order valence-electron chi connectivity index (χ2n) is 4.51. The molecule has 0 aliphatic heterocycles. The van der Waals surface area contributed by atoms with Crippen molar-refractivity contribution in [3.8, 4) is 5.75 Å². The van der Waals surface area contributed by atoms with Crippen LogP contribution in [0.3, 0.4) is 0 Å². The SMILES string of the molecule is COc1ccc(C)cc1S(=O)(=O)NCC[NH+](C)C. The maximum Gasteiger partial charge on any atom is 0.244 e. The first-order valence-electron chi connectivity index (χ1n) is 5.80. The summed E-state index contributed by atoms with van der Waals surface area (Å²) in [5, 5.41) is 0. The van der Waals surface area contributed by atoms with E-state index in [0.29, 0.717) is 12.3 Å². The predicted molar refractivity (Wildman–Crippen MR) is 70.6 cm³/mol. The second kappa shape index (κ2) is 6.17. The van der Waals surface area contributed by atoms with Gasteiger partial charge >= 0.3 is 0 Å². The van der Waals surface area contributed by atoms with Gasteiger partial charge < -0.3 is 9.64 Å². The molecule has 0 amide bonds. The number of likely N-dealkylation sites (N-methyl/N-ethyl adjacent to an activating group) is 1. The molecule has 0 unspecified atom stereocenters. The molecule has 0 saturated heterocycles. The topological polar surface area (TPSA) is 59.8 Å². The number of methoxy groups -OCH3 is 1. The zero-order valence-electron chi connectivity index (χ0n) is 11.3. The summed E-state index contributed by atoms with van der Waals surface area (Å²) >= 11 is 0. The van der Waals surface area contributed by atoms with Crippen LogP contribution in [-0.4, -0.2) is 42.7 Å². The molecule has 0 aromatic heterocycles. The smallest absolute Gasteiger partial charge is 0.244 e. The van der Waals surface area contributed by atoms with Gasteiger partial charge in [0, 0.05) is 0 Å². The highest BCUT2D eigenvalue weighted by atomic mass is 32.2. The van der Waals surface area contributed by atoms with Crippen molar-refractivity contribution in [3.05, 3.63) is 23.8 Å². The number of aryl methyl sites for hydroxylation is 1. The van der Waals surface area contributed by atoms with E-state index in [2.05, 4.69) is 4.72 Å². The van der Waals surface area contributed by atoms with Crippen molar-refractivity contribution < 1.29 is 18.1 Å². The van der Waals surface area contributed by atoms with Crippen LogP contribution in [0.2, 0.25) is 0 Å². The molecule has 2 N–H and O–H groups in total. The highest BCUT2D eigenvalue weighted by molar-refractivity contribution is 7.89. The Bertz CT molecular complexity index is 498. The lowest BCUT2D eigenvalue weighted by atomic mass is 10.2. The van der Waals surface area contributed by atoms with Gasteiger partial charge in [-0.2, -0.15) is 0 Å². The van der Waals surface area contributed by atoms with E-state index in [1.807, 2.05) is 27.1 Å². The van der Waals surface area contributed by atoms with Crippen LogP contribution in [-0.2, 0) is 10.0 Å². The number of quaternary nitrogens is 1. The minimum absolute atomic E-state index is 0.193. The first-order chi connectivity index (χ1) is 8.36. The van der Waals surface area contributed by atoms with Crippen LogP contribution < -0.4 is 14.4 Å². The minimum Gasteiger partial charge on any atom is -0.495 e. The van der Waals surface area contributed by atoms with E-state index in [0.717, 1.165) is 12.1 Å². The molecule has 1 aromatic rings. The summed E-state index contributed by atoms with van der Waals surface area (Å²) in [6, 6.07) is 5.10. The Kier molecular flexibility index (Phi) is 5.13. The molecular formula is C12H21N2O3S+. The van der Waals surface area contributed by atoms with Gasteiger partial charge in [-0.15, -0.1) is 0 Å². The molecule has 0 spiro atoms. The van der Waals surface area contributed by atoms with Gasteiger partial charge in [-0.3, -0.25) is 0 Å². The monoisotopic (exact) mass is 273 g/mol. The van der Waals surface area contributed by atoms with Gasteiger partial charge in [-0.25, -0.2) is 13.1 Å². The fourth-order valence-electron chi connectivity index (χ4n) is 1.51. The highest BCUT2D eigenvalue weighted by Crippen LogP contribution is 2.24. The van der Waals surface area contributed by atoms with Gasteiger partial charge in [0.1, 0.15) is 10.6 Å². The fraction of sp³-hybridized carbons (Fsp3) is 0.500. The van der Waals surface area contributed by atoms with E-state index in [1.54, 1.807) is 12.1 Å². The van der Waals surface area contributed by atoms with Gasteiger partial charge in [0.15, 0.2) is 0 Å². The molecule has 1 rings (SSSR count). The summed E-state index contributed by atoms with van der Waals surface area (Å²) in [5.41, 5.74) is 0.884. The summed E-state index contributed by atoms with van der Waals surface area (Å²) in [4.78, 5) is 1.38. The molecule has 5 nitrogen and oxygen atoms in total. The van der Waals surface area contributed by atoms with E-state index < -0.39 is 10.0 Å². The Labute approximate surface area is 109 Å². The molecular weight excluding hydrogens is 252 g/mol. The van der Waals surface area contributed by atoms with Crippen LogP contribution in [0.15, 0.2) is 23.1 Å². The Morgan fingerprint density at radius 1 is 1.33 bits per heavy atom. The second-order valence-corrected chi connectivity index (χ2v) is 6.24. The average molecular weight is 273 g/mol. The van der Waals surface area contributed by atoms with Crippen molar-refractivity contribution in [2.75, 3.05) is 34.3 Å². The number of hydrogen-bond donors (Lipinski definition) is 2. The summed E-state index contributed by atoms with van der Waals surface area (Å²) in [6.45, 7) is 2.98. The summed E-state index contributed by atoms with van der Waals surface area (Å²) in [6.07, 6.45) is 0. The molecule has 0 bridgehead atoms. The Hall–Kier alpha value is -1.11. The Morgan fingerprint density at radius 2 is 2.00 bits per heavy atom. The van der Waals surface area contributed by atoms with Crippen molar-refractivity contribution >= 4 is 10.0 Å². The van der Waals surface area contributed by atoms with Crippen LogP contribution in [0.4, 0.5) is 0 Å². The van der Waals surface area contributed by atoms with E-state index >= 15 is 0 Å². The van der Waals surface area contributed by atoms with Gasteiger partial charge in [0.05, 0.1) is 34.3 Å². The molecule has 0 saturated carbocycles. The number of ether oxygens (including phenoxy) is 1. The van der Waals surface area contributed by atoms with Crippen LogP contribution in [0.5, 0.6) is 5.75 Å². The third-order valence-electron chi connectivity index (χ3n) is 2.53. The average Bonchev–Trinajstić information content (AvgIpc) is 2.28. The first-order valence-corrected chi connectivity index (χ1v) is 7.28. The standard InChI is InChI=1S/C12H20N2O3S/c1-10-5-6-11(17-4)12(9-10)18(15,16)13-7-8-14(2)3/h5-6,9,13H,7-8H2,1-4H3/p+1. The summed E-state index contributed by atoms with van der Waals surface area (Å²) in [7, 11) is 1.90. The fourth-order valence-corrected chi connectivity index (χ4v) is 2.79. The number of sulfonamides is 1. The van der Waals surface area contributed by atoms with E-state index in [9.17, 15) is 8.42 Å². The molecule has 102 valence electrons. The molecule has 0 atom stereocenters. The van der Waals surface area contributed by atoms with Crippen LogP contribution in [0.1, 0.15) is 5.56 Å².